The Hall–Kier alpha value is -3.02. The molecular weight excluding hydrogens is 334 g/mol. The molecule has 138 valence electrons. The fraction of sp³-hybridized carbons (Fsp3) is 0.300. The van der Waals surface area contributed by atoms with E-state index in [9.17, 15) is 9.59 Å². The van der Waals surface area contributed by atoms with Crippen molar-refractivity contribution in [1.29, 1.82) is 0 Å². The molecule has 0 bridgehead atoms. The molecule has 0 spiro atoms. The summed E-state index contributed by atoms with van der Waals surface area (Å²) in [7, 11) is 3.15. The summed E-state index contributed by atoms with van der Waals surface area (Å²) >= 11 is 0. The van der Waals surface area contributed by atoms with Crippen molar-refractivity contribution in [2.24, 2.45) is 0 Å². The minimum absolute atomic E-state index is 0.306. The van der Waals surface area contributed by atoms with Gasteiger partial charge in [-0.1, -0.05) is 24.3 Å². The number of methoxy groups -OCH3 is 2. The lowest BCUT2D eigenvalue weighted by molar-refractivity contribution is -0.124. The van der Waals surface area contributed by atoms with E-state index in [1.165, 1.54) is 0 Å². The molecule has 0 aliphatic rings. The molecule has 2 rings (SSSR count). The predicted octanol–water partition coefficient (Wildman–Crippen LogP) is 2.53. The standard InChI is InChI=1S/C20H23NO5/c1-14-6-4-5-7-16(14)20(23)26-13-19(22)21-11-10-15-8-9-17(24-2)18(12-15)25-3/h4-9,12H,10-11,13H2,1-3H3,(H,21,22). The second kappa shape index (κ2) is 9.46. The highest BCUT2D eigenvalue weighted by molar-refractivity contribution is 5.92. The zero-order valence-electron chi connectivity index (χ0n) is 15.2. The van der Waals surface area contributed by atoms with Crippen LogP contribution in [0.15, 0.2) is 42.5 Å². The molecule has 2 aromatic rings. The fourth-order valence-corrected chi connectivity index (χ4v) is 2.44. The van der Waals surface area contributed by atoms with E-state index in [1.54, 1.807) is 26.4 Å². The summed E-state index contributed by atoms with van der Waals surface area (Å²) in [4.78, 5) is 23.8. The van der Waals surface area contributed by atoms with Gasteiger partial charge in [-0.15, -0.1) is 0 Å². The van der Waals surface area contributed by atoms with Gasteiger partial charge in [0.1, 0.15) is 0 Å². The third-order valence-corrected chi connectivity index (χ3v) is 3.88. The Morgan fingerprint density at radius 2 is 1.73 bits per heavy atom. The number of aryl methyl sites for hydroxylation is 1. The van der Waals surface area contributed by atoms with E-state index in [-0.39, 0.29) is 12.5 Å². The van der Waals surface area contributed by atoms with Crippen molar-refractivity contribution in [3.05, 3.63) is 59.2 Å². The number of rotatable bonds is 8. The van der Waals surface area contributed by atoms with E-state index in [0.29, 0.717) is 30.0 Å². The molecule has 1 amide bonds. The van der Waals surface area contributed by atoms with Gasteiger partial charge in [-0.05, 0) is 42.7 Å². The van der Waals surface area contributed by atoms with Crippen LogP contribution in [0.1, 0.15) is 21.5 Å². The Kier molecular flexibility index (Phi) is 7.02. The summed E-state index contributed by atoms with van der Waals surface area (Å²) in [5.74, 6) is 0.456. The number of amides is 1. The van der Waals surface area contributed by atoms with E-state index >= 15 is 0 Å². The average Bonchev–Trinajstić information content (AvgIpc) is 2.66. The maximum absolute atomic E-state index is 12.0. The highest BCUT2D eigenvalue weighted by Gasteiger charge is 2.12. The third-order valence-electron chi connectivity index (χ3n) is 3.88. The number of ether oxygens (including phenoxy) is 3. The molecule has 6 nitrogen and oxygen atoms in total. The zero-order valence-corrected chi connectivity index (χ0v) is 15.2. The highest BCUT2D eigenvalue weighted by atomic mass is 16.5. The van der Waals surface area contributed by atoms with Crippen molar-refractivity contribution in [3.63, 3.8) is 0 Å². The van der Waals surface area contributed by atoms with Crippen LogP contribution in [-0.4, -0.2) is 39.2 Å². The number of benzene rings is 2. The van der Waals surface area contributed by atoms with Crippen molar-refractivity contribution in [2.75, 3.05) is 27.4 Å². The van der Waals surface area contributed by atoms with Gasteiger partial charge in [0.05, 0.1) is 19.8 Å². The predicted molar refractivity (Wildman–Crippen MR) is 97.7 cm³/mol. The maximum atomic E-state index is 12.0. The molecule has 0 saturated carbocycles. The van der Waals surface area contributed by atoms with Crippen LogP contribution in [0.2, 0.25) is 0 Å². The molecule has 6 heteroatoms. The van der Waals surface area contributed by atoms with Crippen LogP contribution in [0.25, 0.3) is 0 Å². The Balaban J connectivity index is 1.77. The van der Waals surface area contributed by atoms with Gasteiger partial charge in [-0.2, -0.15) is 0 Å². The second-order valence-electron chi connectivity index (χ2n) is 5.68. The lowest BCUT2D eigenvalue weighted by Crippen LogP contribution is -2.30. The molecule has 0 aliphatic heterocycles. The van der Waals surface area contributed by atoms with Crippen LogP contribution in [-0.2, 0) is 16.0 Å². The number of esters is 1. The quantitative estimate of drug-likeness (QED) is 0.735. The summed E-state index contributed by atoms with van der Waals surface area (Å²) in [6.07, 6.45) is 0.623. The van der Waals surface area contributed by atoms with E-state index in [1.807, 2.05) is 37.3 Å². The summed E-state index contributed by atoms with van der Waals surface area (Å²) in [5.41, 5.74) is 2.27. The monoisotopic (exact) mass is 357 g/mol. The summed E-state index contributed by atoms with van der Waals surface area (Å²) in [6, 6.07) is 12.7. The fourth-order valence-electron chi connectivity index (χ4n) is 2.44. The molecule has 2 aromatic carbocycles. The van der Waals surface area contributed by atoms with E-state index in [2.05, 4.69) is 5.32 Å². The van der Waals surface area contributed by atoms with Crippen LogP contribution < -0.4 is 14.8 Å². The highest BCUT2D eigenvalue weighted by Crippen LogP contribution is 2.27. The first-order valence-electron chi connectivity index (χ1n) is 8.25. The normalized spacial score (nSPS) is 10.1. The lowest BCUT2D eigenvalue weighted by Gasteiger charge is -2.10. The molecule has 0 aliphatic carbocycles. The first-order chi connectivity index (χ1) is 12.5. The average molecular weight is 357 g/mol. The molecule has 0 saturated heterocycles. The minimum Gasteiger partial charge on any atom is -0.493 e. The van der Waals surface area contributed by atoms with Gasteiger partial charge < -0.3 is 19.5 Å². The van der Waals surface area contributed by atoms with Crippen molar-refractivity contribution in [2.45, 2.75) is 13.3 Å². The van der Waals surface area contributed by atoms with Crippen molar-refractivity contribution >= 4 is 11.9 Å². The Bertz CT molecular complexity index is 773. The third kappa shape index (κ3) is 5.24. The number of carbonyl (C=O) groups excluding carboxylic acids is 2. The number of hydrogen-bond acceptors (Lipinski definition) is 5. The number of hydrogen-bond donors (Lipinski definition) is 1. The zero-order chi connectivity index (χ0) is 18.9. The molecule has 1 N–H and O–H groups in total. The van der Waals surface area contributed by atoms with Gasteiger partial charge in [0, 0.05) is 6.54 Å². The molecule has 0 aromatic heterocycles. The summed E-state index contributed by atoms with van der Waals surface area (Å²) < 4.78 is 15.5. The lowest BCUT2D eigenvalue weighted by atomic mass is 10.1. The van der Waals surface area contributed by atoms with Gasteiger partial charge in [0.2, 0.25) is 0 Å². The number of carbonyl (C=O) groups is 2. The smallest absolute Gasteiger partial charge is 0.338 e. The van der Waals surface area contributed by atoms with Gasteiger partial charge >= 0.3 is 5.97 Å². The second-order valence-corrected chi connectivity index (χ2v) is 5.68. The SMILES string of the molecule is COc1ccc(CCNC(=O)COC(=O)c2ccccc2C)cc1OC. The van der Waals surface area contributed by atoms with Crippen molar-refractivity contribution in [1.82, 2.24) is 5.32 Å². The topological polar surface area (TPSA) is 73.9 Å². The number of nitrogens with one attached hydrogen (secondary N) is 1. The molecule has 0 atom stereocenters. The first kappa shape index (κ1) is 19.3. The molecular formula is C20H23NO5. The van der Waals surface area contributed by atoms with Crippen LogP contribution in [0, 0.1) is 6.92 Å². The van der Waals surface area contributed by atoms with E-state index in [4.69, 9.17) is 14.2 Å². The van der Waals surface area contributed by atoms with E-state index in [0.717, 1.165) is 11.1 Å². The largest absolute Gasteiger partial charge is 0.493 e. The Morgan fingerprint density at radius 1 is 1.00 bits per heavy atom. The Labute approximate surface area is 153 Å². The van der Waals surface area contributed by atoms with Gasteiger partial charge in [-0.3, -0.25) is 4.79 Å². The minimum atomic E-state index is -0.502. The maximum Gasteiger partial charge on any atom is 0.338 e. The van der Waals surface area contributed by atoms with Crippen molar-refractivity contribution < 1.29 is 23.8 Å². The van der Waals surface area contributed by atoms with Gasteiger partial charge in [-0.25, -0.2) is 4.79 Å². The molecule has 0 fully saturated rings. The summed E-state index contributed by atoms with van der Waals surface area (Å²) in [5, 5.41) is 2.73. The molecule has 0 radical (unpaired) electrons. The van der Waals surface area contributed by atoms with Crippen LogP contribution in [0.4, 0.5) is 0 Å². The van der Waals surface area contributed by atoms with Crippen LogP contribution >= 0.6 is 0 Å². The molecule has 0 unspecified atom stereocenters. The van der Waals surface area contributed by atoms with Crippen molar-refractivity contribution in [3.8, 4) is 11.5 Å². The van der Waals surface area contributed by atoms with Gasteiger partial charge in [0.25, 0.3) is 5.91 Å². The Morgan fingerprint density at radius 3 is 2.42 bits per heavy atom. The van der Waals surface area contributed by atoms with E-state index < -0.39 is 5.97 Å². The summed E-state index contributed by atoms with van der Waals surface area (Å²) in [6.45, 7) is 1.94. The molecule has 26 heavy (non-hydrogen) atoms. The molecule has 0 heterocycles. The first-order valence-corrected chi connectivity index (χ1v) is 8.25. The van der Waals surface area contributed by atoms with Gasteiger partial charge in [0.15, 0.2) is 18.1 Å². The van der Waals surface area contributed by atoms with Crippen LogP contribution in [0.5, 0.6) is 11.5 Å². The van der Waals surface area contributed by atoms with Crippen LogP contribution in [0.3, 0.4) is 0 Å².